The molecule has 0 aromatic heterocycles. The van der Waals surface area contributed by atoms with Gasteiger partial charge in [-0.2, -0.15) is 5.10 Å². The molecule has 0 aliphatic carbocycles. The van der Waals surface area contributed by atoms with E-state index < -0.39 is 22.8 Å². The molecule has 0 amide bonds. The minimum Gasteiger partial charge on any atom is -0.481 e. The van der Waals surface area contributed by atoms with Crippen molar-refractivity contribution in [3.63, 3.8) is 0 Å². The Labute approximate surface area is 250 Å². The van der Waals surface area contributed by atoms with Gasteiger partial charge >= 0.3 is 6.85 Å². The summed E-state index contributed by atoms with van der Waals surface area (Å²) in [4.78, 5) is 0.221. The van der Waals surface area contributed by atoms with Gasteiger partial charge in [0.25, 0.3) is 5.34 Å². The van der Waals surface area contributed by atoms with E-state index in [1.807, 2.05) is 76.3 Å². The molecule has 0 heterocycles. The van der Waals surface area contributed by atoms with Crippen LogP contribution in [-0.2, 0) is 23.6 Å². The van der Waals surface area contributed by atoms with Crippen LogP contribution in [0.3, 0.4) is 0 Å². The molecule has 0 aliphatic heterocycles. The number of azide groups is 1. The first kappa shape index (κ1) is 33.2. The molecule has 2 rings (SSSR count). The molecule has 3 atom stereocenters. The first-order valence-corrected chi connectivity index (χ1v) is 18.8. The van der Waals surface area contributed by atoms with Crippen LogP contribution in [0.25, 0.3) is 10.4 Å². The third-order valence-electron chi connectivity index (χ3n) is 5.76. The molecule has 0 saturated heterocycles. The van der Waals surface area contributed by atoms with Gasteiger partial charge in [0.05, 0.1) is 19.5 Å². The molecule has 0 N–H and O–H groups in total. The summed E-state index contributed by atoms with van der Waals surface area (Å²) < 4.78 is 15.4. The lowest BCUT2D eigenvalue weighted by atomic mass is 10.2. The third-order valence-corrected chi connectivity index (χ3v) is 12.3. The largest absolute Gasteiger partial charge is 0.481 e. The van der Waals surface area contributed by atoms with Crippen molar-refractivity contribution in [1.29, 1.82) is 0 Å². The average Bonchev–Trinajstić information content (AvgIpc) is 2.91. The summed E-state index contributed by atoms with van der Waals surface area (Å²) >= 11 is 22.9. The van der Waals surface area contributed by atoms with Gasteiger partial charge in [0, 0.05) is 25.3 Å². The van der Waals surface area contributed by atoms with E-state index in [0.29, 0.717) is 24.3 Å². The minimum absolute atomic E-state index is 0.544. The summed E-state index contributed by atoms with van der Waals surface area (Å²) in [5, 5.41) is 11.9. The van der Waals surface area contributed by atoms with Crippen LogP contribution >= 0.6 is 34.2 Å². The van der Waals surface area contributed by atoms with Crippen LogP contribution in [-0.4, -0.2) is 47.2 Å². The van der Waals surface area contributed by atoms with Crippen molar-refractivity contribution in [1.82, 2.24) is 9.56 Å². The zero-order chi connectivity index (χ0) is 29.3. The number of rotatable bonds is 14. The van der Waals surface area contributed by atoms with Gasteiger partial charge in [0.15, 0.2) is 17.5 Å². The van der Waals surface area contributed by atoms with Gasteiger partial charge in [-0.25, -0.2) is 4.78 Å². The molecule has 2 aromatic carbocycles. The molecular weight excluding hydrogens is 615 g/mol. The van der Waals surface area contributed by atoms with E-state index in [2.05, 4.69) is 20.2 Å². The Morgan fingerprint density at radius 3 is 1.87 bits per heavy atom. The molecule has 0 aliphatic rings. The normalized spacial score (nSPS) is 15.2. The predicted molar refractivity (Wildman–Crippen MR) is 172 cm³/mol. The number of benzene rings is 2. The maximum absolute atomic E-state index is 8.77. The quantitative estimate of drug-likeness (QED) is 0.0508. The van der Waals surface area contributed by atoms with Crippen molar-refractivity contribution in [2.45, 2.75) is 51.6 Å². The zero-order valence-electron chi connectivity index (χ0n) is 22.6. The molecular formula is C24H32Cl2N7O2P2S2+. The van der Waals surface area contributed by atoms with Crippen LogP contribution in [0.2, 0.25) is 0 Å². The van der Waals surface area contributed by atoms with Gasteiger partial charge in [-0.05, 0) is 118 Å². The highest BCUT2D eigenvalue weighted by molar-refractivity contribution is 8.37. The minimum atomic E-state index is -2.65. The fourth-order valence-corrected chi connectivity index (χ4v) is 5.34. The smallest absolute Gasteiger partial charge is 0.358 e. The highest BCUT2D eigenvalue weighted by Crippen LogP contribution is 2.59. The number of nitrogens with zero attached hydrogens (tertiary/aromatic N) is 7. The Kier molecular flexibility index (Phi) is 12.5. The lowest BCUT2D eigenvalue weighted by molar-refractivity contribution is 0.0921. The molecule has 0 bridgehead atoms. The second-order valence-corrected chi connectivity index (χ2v) is 19.6. The summed E-state index contributed by atoms with van der Waals surface area (Å²) in [6.45, 7) is 6.46. The Balaban J connectivity index is 2.06. The highest BCUT2D eigenvalue weighted by atomic mass is 35.9. The number of halogens is 2. The fraction of sp³-hybridized carbons (Fsp3) is 0.417. The molecule has 15 heteroatoms. The van der Waals surface area contributed by atoms with E-state index in [0.717, 1.165) is 11.1 Å². The van der Waals surface area contributed by atoms with Gasteiger partial charge < -0.3 is 9.47 Å². The van der Waals surface area contributed by atoms with E-state index in [4.69, 9.17) is 61.1 Å². The number of hydrazone groups is 2. The Morgan fingerprint density at radius 2 is 1.44 bits per heavy atom. The Hall–Kier alpha value is -1.96. The average molecular weight is 648 g/mol. The third kappa shape index (κ3) is 10.2. The van der Waals surface area contributed by atoms with Gasteiger partial charge in [-0.1, -0.05) is 13.8 Å². The molecule has 39 heavy (non-hydrogen) atoms. The molecule has 0 saturated carbocycles. The molecule has 0 radical (unpaired) electrons. The van der Waals surface area contributed by atoms with Crippen molar-refractivity contribution in [3.05, 3.63) is 70.1 Å². The van der Waals surface area contributed by atoms with E-state index in [9.17, 15) is 0 Å². The van der Waals surface area contributed by atoms with Crippen LogP contribution in [0.1, 0.15) is 51.7 Å². The maximum Gasteiger partial charge on any atom is 0.358 e. The Morgan fingerprint density at radius 1 is 0.949 bits per heavy atom. The summed E-state index contributed by atoms with van der Waals surface area (Å²) in [6, 6.07) is 14.9. The first-order chi connectivity index (χ1) is 18.2. The van der Waals surface area contributed by atoms with Crippen LogP contribution in [0.15, 0.2) is 63.8 Å². The number of hydrogen-bond acceptors (Lipinski definition) is 7. The molecule has 210 valence electrons. The molecule has 0 fully saturated rings. The summed E-state index contributed by atoms with van der Waals surface area (Å²) in [7, 11) is 3.49. The van der Waals surface area contributed by atoms with Gasteiger partial charge in [-0.15, -0.1) is 9.88 Å². The lowest BCUT2D eigenvalue weighted by Gasteiger charge is -2.24. The van der Waals surface area contributed by atoms with Crippen LogP contribution < -0.4 is 9.47 Å². The van der Waals surface area contributed by atoms with Gasteiger partial charge in [0.1, 0.15) is 11.5 Å². The summed E-state index contributed by atoms with van der Waals surface area (Å²) in [5.74, 6) is 1.29. The maximum atomic E-state index is 8.77. The topological polar surface area (TPSA) is 98.4 Å². The number of hydrogen-bond donors (Lipinski definition) is 0. The predicted octanol–water partition coefficient (Wildman–Crippen LogP) is 8.80. The lowest BCUT2D eigenvalue weighted by Crippen LogP contribution is -2.30. The summed E-state index contributed by atoms with van der Waals surface area (Å²) in [6.07, 6.45) is 4.61. The molecule has 0 spiro atoms. The fourth-order valence-electron chi connectivity index (χ4n) is 2.97. The van der Waals surface area contributed by atoms with Gasteiger partial charge in [0.2, 0.25) is 4.89 Å². The van der Waals surface area contributed by atoms with Crippen molar-refractivity contribution < 1.29 is 9.47 Å². The van der Waals surface area contributed by atoms with Crippen LogP contribution in [0, 0.1) is 0 Å². The first-order valence-electron chi connectivity index (χ1n) is 11.9. The van der Waals surface area contributed by atoms with E-state index in [1.165, 1.54) is 4.78 Å². The monoisotopic (exact) mass is 646 g/mol. The molecule has 3 unspecified atom stereocenters. The van der Waals surface area contributed by atoms with Crippen LogP contribution in [0.4, 0.5) is 0 Å². The van der Waals surface area contributed by atoms with Crippen LogP contribution in [0.5, 0.6) is 11.5 Å². The van der Waals surface area contributed by atoms with E-state index >= 15 is 0 Å². The van der Waals surface area contributed by atoms with E-state index in [1.54, 1.807) is 31.2 Å². The van der Waals surface area contributed by atoms with Crippen molar-refractivity contribution >= 4 is 70.3 Å². The second-order valence-electron chi connectivity index (χ2n) is 8.76. The van der Waals surface area contributed by atoms with E-state index in [-0.39, 0.29) is 0 Å². The van der Waals surface area contributed by atoms with Gasteiger partial charge in [-0.3, -0.25) is 0 Å². The number of ether oxygens (including phenoxy) is 2. The second kappa shape index (κ2) is 14.6. The highest BCUT2D eigenvalue weighted by Gasteiger charge is 2.45. The SMILES string of the molecule is CCC(C)(N=[N+]=[N-])Oc1ccc(/C=N/N(C)[P+](=S)C(C)(CC)Oc2ccc(/C=N/N(C)P(=S)(Cl)Cl)cc2)cc1. The molecule has 2 aromatic rings. The summed E-state index contributed by atoms with van der Waals surface area (Å²) in [5.41, 5.74) is 9.55. The zero-order valence-corrected chi connectivity index (χ0v) is 27.5. The molecule has 9 nitrogen and oxygen atoms in total. The van der Waals surface area contributed by atoms with Crippen molar-refractivity contribution in [2.24, 2.45) is 15.3 Å². The Bertz CT molecular complexity index is 1290. The van der Waals surface area contributed by atoms with Crippen molar-refractivity contribution in [2.75, 3.05) is 14.1 Å². The van der Waals surface area contributed by atoms with Crippen molar-refractivity contribution in [3.8, 4) is 11.5 Å². The standard InChI is InChI=1S/C24H32Cl2N7O2P2S2/c1-7-23(3,30-31-27)34-21-13-9-19(10-14-21)17-28-32(5)36(38)24(4,8-2)35-22-15-11-20(12-16-22)18-29-33(6)37(25,26)39/h9-18H,7-8H2,1-6H3/q+1/b28-17+,29-18+.